The number of ether oxygens (including phenoxy) is 1. The van der Waals surface area contributed by atoms with Crippen LogP contribution in [0, 0.1) is 0 Å². The molecule has 0 saturated carbocycles. The number of rotatable bonds is 6. The van der Waals surface area contributed by atoms with E-state index in [9.17, 15) is 4.79 Å². The minimum Gasteiger partial charge on any atom is -0.465 e. The third-order valence-electron chi connectivity index (χ3n) is 6.00. The molecule has 0 N–H and O–H groups in total. The topological polar surface area (TPSA) is 57.0 Å². The molecule has 0 saturated heterocycles. The average Bonchev–Trinajstić information content (AvgIpc) is 2.94. The standard InChI is InChI=1S/C24H29N3O2/c1-4-7-16(8-5-2)21-18-11-10-17(24(28)29-3)15-20(18)27-14-6-9-19-22(23(21)27)26-13-12-25-19/h10-13,15-16H,4-9,14H2,1-3H3. The lowest BCUT2D eigenvalue weighted by molar-refractivity contribution is 0.0601. The highest BCUT2D eigenvalue weighted by Crippen LogP contribution is 2.43. The van der Waals surface area contributed by atoms with Gasteiger partial charge in [0.15, 0.2) is 0 Å². The van der Waals surface area contributed by atoms with E-state index in [1.807, 2.05) is 12.1 Å². The zero-order valence-electron chi connectivity index (χ0n) is 17.6. The van der Waals surface area contributed by atoms with Crippen LogP contribution in [-0.4, -0.2) is 27.6 Å². The van der Waals surface area contributed by atoms with Gasteiger partial charge in [0.25, 0.3) is 0 Å². The maximum absolute atomic E-state index is 12.2. The Morgan fingerprint density at radius 3 is 2.66 bits per heavy atom. The van der Waals surface area contributed by atoms with E-state index in [-0.39, 0.29) is 5.97 Å². The number of nitrogens with zero attached hydrogens (tertiary/aromatic N) is 3. The fourth-order valence-electron chi connectivity index (χ4n) is 4.80. The minimum absolute atomic E-state index is 0.295. The summed E-state index contributed by atoms with van der Waals surface area (Å²) in [6, 6.07) is 5.99. The molecule has 5 heteroatoms. The third-order valence-corrected chi connectivity index (χ3v) is 6.00. The SMILES string of the molecule is CCCC(CCC)c1c2n(c3cc(C(=O)OC)ccc13)CCCc1nccnc1-2. The molecule has 0 amide bonds. The van der Waals surface area contributed by atoms with Gasteiger partial charge in [-0.15, -0.1) is 0 Å². The Kier molecular flexibility index (Phi) is 5.65. The van der Waals surface area contributed by atoms with Gasteiger partial charge in [-0.1, -0.05) is 32.8 Å². The number of hydrogen-bond acceptors (Lipinski definition) is 4. The van der Waals surface area contributed by atoms with Crippen molar-refractivity contribution in [3.8, 4) is 11.4 Å². The summed E-state index contributed by atoms with van der Waals surface area (Å²) in [5, 5.41) is 1.23. The molecule has 0 unspecified atom stereocenters. The second-order valence-corrected chi connectivity index (χ2v) is 7.87. The van der Waals surface area contributed by atoms with Crippen LogP contribution >= 0.6 is 0 Å². The molecule has 1 aliphatic heterocycles. The van der Waals surface area contributed by atoms with Crippen molar-refractivity contribution in [1.82, 2.24) is 14.5 Å². The lowest BCUT2D eigenvalue weighted by Crippen LogP contribution is -2.04. The molecule has 0 bridgehead atoms. The Bertz CT molecular complexity index is 1030. The molecule has 3 aromatic rings. The van der Waals surface area contributed by atoms with Crippen LogP contribution in [-0.2, 0) is 17.7 Å². The van der Waals surface area contributed by atoms with E-state index >= 15 is 0 Å². The van der Waals surface area contributed by atoms with Crippen LogP contribution in [0.4, 0.5) is 0 Å². The van der Waals surface area contributed by atoms with Gasteiger partial charge in [-0.3, -0.25) is 9.97 Å². The molecule has 2 aromatic heterocycles. The first-order valence-corrected chi connectivity index (χ1v) is 10.7. The monoisotopic (exact) mass is 391 g/mol. The lowest BCUT2D eigenvalue weighted by atomic mass is 9.87. The summed E-state index contributed by atoms with van der Waals surface area (Å²) in [6.45, 7) is 5.41. The number of aromatic nitrogens is 3. The molecule has 5 nitrogen and oxygen atoms in total. The normalized spacial score (nSPS) is 13.2. The molecule has 29 heavy (non-hydrogen) atoms. The molecule has 1 aromatic carbocycles. The zero-order chi connectivity index (χ0) is 20.4. The number of benzene rings is 1. The predicted octanol–water partition coefficient (Wildman–Crippen LogP) is 5.51. The average molecular weight is 392 g/mol. The van der Waals surface area contributed by atoms with Crippen LogP contribution in [0.1, 0.15) is 73.5 Å². The first-order valence-electron chi connectivity index (χ1n) is 10.7. The van der Waals surface area contributed by atoms with E-state index in [4.69, 9.17) is 9.72 Å². The number of fused-ring (bicyclic) bond motifs is 5. The molecule has 0 spiro atoms. The minimum atomic E-state index is -0.295. The summed E-state index contributed by atoms with van der Waals surface area (Å²) >= 11 is 0. The van der Waals surface area contributed by atoms with E-state index in [0.717, 1.165) is 62.0 Å². The number of methoxy groups -OCH3 is 1. The van der Waals surface area contributed by atoms with Gasteiger partial charge in [0.2, 0.25) is 0 Å². The van der Waals surface area contributed by atoms with Crippen LogP contribution in [0.25, 0.3) is 22.3 Å². The largest absolute Gasteiger partial charge is 0.465 e. The van der Waals surface area contributed by atoms with Crippen molar-refractivity contribution in [2.75, 3.05) is 7.11 Å². The fourth-order valence-corrected chi connectivity index (χ4v) is 4.80. The second kappa shape index (κ2) is 8.36. The van der Waals surface area contributed by atoms with Crippen LogP contribution in [0.15, 0.2) is 30.6 Å². The van der Waals surface area contributed by atoms with Crippen molar-refractivity contribution < 1.29 is 9.53 Å². The van der Waals surface area contributed by atoms with Crippen LogP contribution in [0.5, 0.6) is 0 Å². The van der Waals surface area contributed by atoms with Gasteiger partial charge in [0.05, 0.1) is 24.1 Å². The first kappa shape index (κ1) is 19.6. The highest BCUT2D eigenvalue weighted by molar-refractivity contribution is 5.98. The second-order valence-electron chi connectivity index (χ2n) is 7.87. The van der Waals surface area contributed by atoms with Gasteiger partial charge in [-0.25, -0.2) is 4.79 Å². The molecular formula is C24H29N3O2. The molecule has 152 valence electrons. The molecule has 0 radical (unpaired) electrons. The van der Waals surface area contributed by atoms with E-state index in [0.29, 0.717) is 11.5 Å². The highest BCUT2D eigenvalue weighted by atomic mass is 16.5. The summed E-state index contributed by atoms with van der Waals surface area (Å²) in [5.74, 6) is 0.178. The maximum Gasteiger partial charge on any atom is 0.337 e. The Balaban J connectivity index is 2.05. The van der Waals surface area contributed by atoms with Crippen molar-refractivity contribution in [2.24, 2.45) is 0 Å². The van der Waals surface area contributed by atoms with E-state index in [1.165, 1.54) is 23.8 Å². The maximum atomic E-state index is 12.2. The van der Waals surface area contributed by atoms with E-state index in [1.54, 1.807) is 12.4 Å². The number of carbonyl (C=O) groups excluding carboxylic acids is 1. The van der Waals surface area contributed by atoms with Crippen molar-refractivity contribution in [2.45, 2.75) is 64.8 Å². The Morgan fingerprint density at radius 1 is 1.17 bits per heavy atom. The molecule has 0 atom stereocenters. The van der Waals surface area contributed by atoms with E-state index in [2.05, 4.69) is 29.5 Å². The van der Waals surface area contributed by atoms with Crippen molar-refractivity contribution >= 4 is 16.9 Å². The fraction of sp³-hybridized carbons (Fsp3) is 0.458. The van der Waals surface area contributed by atoms with Crippen molar-refractivity contribution in [3.05, 3.63) is 47.4 Å². The summed E-state index contributed by atoms with van der Waals surface area (Å²) in [5.41, 5.74) is 6.37. The van der Waals surface area contributed by atoms with Crippen molar-refractivity contribution in [1.29, 1.82) is 0 Å². The van der Waals surface area contributed by atoms with Crippen LogP contribution in [0.3, 0.4) is 0 Å². The molecule has 0 aliphatic carbocycles. The van der Waals surface area contributed by atoms with Gasteiger partial charge in [0, 0.05) is 29.8 Å². The summed E-state index contributed by atoms with van der Waals surface area (Å²) < 4.78 is 7.34. The first-order chi connectivity index (χ1) is 14.2. The summed E-state index contributed by atoms with van der Waals surface area (Å²) in [7, 11) is 1.43. The molecule has 0 fully saturated rings. The Hall–Kier alpha value is -2.69. The van der Waals surface area contributed by atoms with Crippen LogP contribution < -0.4 is 0 Å². The molecular weight excluding hydrogens is 362 g/mol. The van der Waals surface area contributed by atoms with Gasteiger partial charge in [0.1, 0.15) is 5.69 Å². The molecule has 1 aliphatic rings. The highest BCUT2D eigenvalue weighted by Gasteiger charge is 2.28. The molecule has 3 heterocycles. The predicted molar refractivity (Wildman–Crippen MR) is 115 cm³/mol. The lowest BCUT2D eigenvalue weighted by Gasteiger charge is -2.18. The molecule has 4 rings (SSSR count). The van der Waals surface area contributed by atoms with Crippen LogP contribution in [0.2, 0.25) is 0 Å². The van der Waals surface area contributed by atoms with Crippen molar-refractivity contribution in [3.63, 3.8) is 0 Å². The smallest absolute Gasteiger partial charge is 0.337 e. The Labute approximate surface area is 172 Å². The summed E-state index contributed by atoms with van der Waals surface area (Å²) in [6.07, 6.45) is 10.1. The summed E-state index contributed by atoms with van der Waals surface area (Å²) in [4.78, 5) is 21.6. The van der Waals surface area contributed by atoms with Gasteiger partial charge in [-0.05, 0) is 49.3 Å². The van der Waals surface area contributed by atoms with Gasteiger partial charge >= 0.3 is 5.97 Å². The van der Waals surface area contributed by atoms with Gasteiger partial charge < -0.3 is 9.30 Å². The number of carbonyl (C=O) groups is 1. The zero-order valence-corrected chi connectivity index (χ0v) is 17.6. The van der Waals surface area contributed by atoms with Gasteiger partial charge in [-0.2, -0.15) is 0 Å². The number of hydrogen-bond donors (Lipinski definition) is 0. The Morgan fingerprint density at radius 2 is 1.93 bits per heavy atom. The number of esters is 1. The third kappa shape index (κ3) is 3.43. The quantitative estimate of drug-likeness (QED) is 0.520. The van der Waals surface area contributed by atoms with E-state index < -0.39 is 0 Å². The number of aryl methyl sites for hydroxylation is 2.